The van der Waals surface area contributed by atoms with Gasteiger partial charge >= 0.3 is 0 Å². The average molecular weight is 309 g/mol. The number of carbonyl (C=O) groups is 1. The van der Waals surface area contributed by atoms with Gasteiger partial charge in [0.2, 0.25) is 0 Å². The molecule has 0 bridgehead atoms. The topological polar surface area (TPSA) is 39.2 Å². The number of aryl methyl sites for hydroxylation is 2. The van der Waals surface area contributed by atoms with Crippen LogP contribution in [-0.2, 0) is 22.4 Å². The summed E-state index contributed by atoms with van der Waals surface area (Å²) in [5.74, 6) is 0.0964. The first-order chi connectivity index (χ1) is 11.3. The largest absolute Gasteiger partial charge is 0.381 e. The van der Waals surface area contributed by atoms with E-state index in [1.807, 2.05) is 37.4 Å². The van der Waals surface area contributed by atoms with E-state index in [1.165, 1.54) is 11.1 Å². The van der Waals surface area contributed by atoms with Gasteiger partial charge in [-0.05, 0) is 48.6 Å². The zero-order chi connectivity index (χ0) is 16.3. The maximum Gasteiger partial charge on any atom is 0.158 e. The molecule has 0 saturated carbocycles. The fourth-order valence-electron chi connectivity index (χ4n) is 2.22. The molecule has 3 nitrogen and oxygen atoms in total. The van der Waals surface area contributed by atoms with Crippen LogP contribution < -0.4 is 0 Å². The maximum absolute atomic E-state index is 11.6. The number of ketones is 1. The summed E-state index contributed by atoms with van der Waals surface area (Å²) in [7, 11) is 0. The van der Waals surface area contributed by atoms with Crippen LogP contribution >= 0.6 is 0 Å². The van der Waals surface area contributed by atoms with Crippen LogP contribution in [0.1, 0.15) is 30.0 Å². The molecule has 0 unspecified atom stereocenters. The van der Waals surface area contributed by atoms with E-state index in [4.69, 9.17) is 4.74 Å². The molecule has 0 radical (unpaired) electrons. The number of hydrogen-bond acceptors (Lipinski definition) is 3. The first-order valence-electron chi connectivity index (χ1n) is 8.04. The van der Waals surface area contributed by atoms with Crippen molar-refractivity contribution in [1.82, 2.24) is 4.98 Å². The second-order valence-corrected chi connectivity index (χ2v) is 5.35. The zero-order valence-electron chi connectivity index (χ0n) is 13.6. The molecule has 2 aromatic rings. The summed E-state index contributed by atoms with van der Waals surface area (Å²) >= 11 is 0. The van der Waals surface area contributed by atoms with E-state index in [0.29, 0.717) is 19.6 Å². The van der Waals surface area contributed by atoms with Crippen molar-refractivity contribution >= 4 is 11.9 Å². The molecule has 23 heavy (non-hydrogen) atoms. The highest BCUT2D eigenvalue weighted by Gasteiger charge is 1.98. The number of carbonyl (C=O) groups excluding carboxylic acids is 1. The molecule has 0 saturated heterocycles. The molecule has 0 amide bonds. The Morgan fingerprint density at radius 2 is 1.91 bits per heavy atom. The van der Waals surface area contributed by atoms with Crippen LogP contribution in [0.15, 0.2) is 54.9 Å². The second kappa shape index (κ2) is 9.70. The molecular formula is C20H23NO2. The highest BCUT2D eigenvalue weighted by molar-refractivity contribution is 5.93. The summed E-state index contributed by atoms with van der Waals surface area (Å²) in [6, 6.07) is 12.4. The summed E-state index contributed by atoms with van der Waals surface area (Å²) in [6.07, 6.45) is 9.60. The molecule has 0 spiro atoms. The van der Waals surface area contributed by atoms with Crippen molar-refractivity contribution in [2.45, 2.75) is 26.2 Å². The van der Waals surface area contributed by atoms with Crippen LogP contribution in [0.3, 0.4) is 0 Å². The predicted molar refractivity (Wildman–Crippen MR) is 93.2 cm³/mol. The molecule has 1 aromatic carbocycles. The van der Waals surface area contributed by atoms with Crippen LogP contribution in [0.25, 0.3) is 6.08 Å². The smallest absolute Gasteiger partial charge is 0.158 e. The third-order valence-electron chi connectivity index (χ3n) is 3.56. The predicted octanol–water partition coefficient (Wildman–Crippen LogP) is 3.88. The minimum Gasteiger partial charge on any atom is -0.381 e. The Morgan fingerprint density at radius 3 is 2.61 bits per heavy atom. The monoisotopic (exact) mass is 309 g/mol. The SMILES string of the molecule is CCOCCC(=O)C=Cc1ccc(CCc2cccnc2)cc1. The summed E-state index contributed by atoms with van der Waals surface area (Å²) < 4.78 is 5.18. The van der Waals surface area contributed by atoms with Gasteiger partial charge in [0.05, 0.1) is 6.61 Å². The molecule has 0 fully saturated rings. The van der Waals surface area contributed by atoms with Gasteiger partial charge in [0.1, 0.15) is 0 Å². The number of benzene rings is 1. The minimum atomic E-state index is 0.0964. The highest BCUT2D eigenvalue weighted by atomic mass is 16.5. The Hall–Kier alpha value is -2.26. The highest BCUT2D eigenvalue weighted by Crippen LogP contribution is 2.10. The van der Waals surface area contributed by atoms with Gasteiger partial charge in [-0.3, -0.25) is 9.78 Å². The van der Waals surface area contributed by atoms with E-state index in [1.54, 1.807) is 12.3 Å². The van der Waals surface area contributed by atoms with Crippen LogP contribution in [0.2, 0.25) is 0 Å². The first-order valence-corrected chi connectivity index (χ1v) is 8.04. The van der Waals surface area contributed by atoms with Crippen molar-refractivity contribution < 1.29 is 9.53 Å². The fourth-order valence-corrected chi connectivity index (χ4v) is 2.22. The van der Waals surface area contributed by atoms with Gasteiger partial charge < -0.3 is 4.74 Å². The molecular weight excluding hydrogens is 286 g/mol. The third-order valence-corrected chi connectivity index (χ3v) is 3.56. The first kappa shape index (κ1) is 17.1. The van der Waals surface area contributed by atoms with E-state index >= 15 is 0 Å². The summed E-state index contributed by atoms with van der Waals surface area (Å²) in [5.41, 5.74) is 3.57. The standard InChI is InChI=1S/C20H23NO2/c1-2-23-15-13-20(22)12-11-18-7-5-17(6-8-18)9-10-19-4-3-14-21-16-19/h3-8,11-12,14,16H,2,9-10,13,15H2,1H3. The van der Waals surface area contributed by atoms with Crippen molar-refractivity contribution in [3.63, 3.8) is 0 Å². The lowest BCUT2D eigenvalue weighted by Crippen LogP contribution is -2.00. The lowest BCUT2D eigenvalue weighted by atomic mass is 10.0. The molecule has 0 atom stereocenters. The zero-order valence-corrected chi connectivity index (χ0v) is 13.6. The van der Waals surface area contributed by atoms with Crippen molar-refractivity contribution in [3.05, 3.63) is 71.6 Å². The quantitative estimate of drug-likeness (QED) is 0.521. The molecule has 1 aromatic heterocycles. The Bertz CT molecular complexity index is 618. The molecule has 3 heteroatoms. The molecule has 120 valence electrons. The number of hydrogen-bond donors (Lipinski definition) is 0. The summed E-state index contributed by atoms with van der Waals surface area (Å²) in [4.78, 5) is 15.8. The lowest BCUT2D eigenvalue weighted by molar-refractivity contribution is -0.115. The van der Waals surface area contributed by atoms with E-state index in [-0.39, 0.29) is 5.78 Å². The van der Waals surface area contributed by atoms with Crippen LogP contribution in [0.4, 0.5) is 0 Å². The van der Waals surface area contributed by atoms with Crippen molar-refractivity contribution in [2.24, 2.45) is 0 Å². The number of nitrogens with zero attached hydrogens (tertiary/aromatic N) is 1. The lowest BCUT2D eigenvalue weighted by Gasteiger charge is -2.02. The van der Waals surface area contributed by atoms with Gasteiger partial charge in [0, 0.05) is 25.4 Å². The third kappa shape index (κ3) is 6.57. The molecule has 0 aliphatic rings. The van der Waals surface area contributed by atoms with E-state index in [0.717, 1.165) is 18.4 Å². The minimum absolute atomic E-state index is 0.0964. The van der Waals surface area contributed by atoms with Crippen LogP contribution in [0, 0.1) is 0 Å². The number of rotatable bonds is 9. The molecule has 1 heterocycles. The number of allylic oxidation sites excluding steroid dienone is 1. The summed E-state index contributed by atoms with van der Waals surface area (Å²) in [6.45, 7) is 3.07. The van der Waals surface area contributed by atoms with Gasteiger partial charge in [-0.25, -0.2) is 0 Å². The van der Waals surface area contributed by atoms with Gasteiger partial charge in [-0.1, -0.05) is 36.4 Å². The van der Waals surface area contributed by atoms with Gasteiger partial charge in [0.15, 0.2) is 5.78 Å². The van der Waals surface area contributed by atoms with Crippen molar-refractivity contribution in [3.8, 4) is 0 Å². The normalized spacial score (nSPS) is 11.0. The Morgan fingerprint density at radius 1 is 1.13 bits per heavy atom. The molecule has 0 N–H and O–H groups in total. The second-order valence-electron chi connectivity index (χ2n) is 5.35. The van der Waals surface area contributed by atoms with E-state index in [2.05, 4.69) is 23.2 Å². The number of ether oxygens (including phenoxy) is 1. The number of pyridine rings is 1. The Kier molecular flexibility index (Phi) is 7.21. The van der Waals surface area contributed by atoms with Gasteiger partial charge in [-0.15, -0.1) is 0 Å². The van der Waals surface area contributed by atoms with Gasteiger partial charge in [-0.2, -0.15) is 0 Å². The fraction of sp³-hybridized carbons (Fsp3) is 0.300. The average Bonchev–Trinajstić information content (AvgIpc) is 2.60. The van der Waals surface area contributed by atoms with E-state index in [9.17, 15) is 4.79 Å². The van der Waals surface area contributed by atoms with Gasteiger partial charge in [0.25, 0.3) is 0 Å². The summed E-state index contributed by atoms with van der Waals surface area (Å²) in [5, 5.41) is 0. The van der Waals surface area contributed by atoms with Crippen molar-refractivity contribution in [2.75, 3.05) is 13.2 Å². The number of aromatic nitrogens is 1. The Balaban J connectivity index is 1.81. The molecule has 0 aliphatic heterocycles. The maximum atomic E-state index is 11.6. The Labute approximate surface area is 138 Å². The van der Waals surface area contributed by atoms with Crippen LogP contribution in [0.5, 0.6) is 0 Å². The molecule has 0 aliphatic carbocycles. The van der Waals surface area contributed by atoms with Crippen LogP contribution in [-0.4, -0.2) is 24.0 Å². The van der Waals surface area contributed by atoms with E-state index < -0.39 is 0 Å². The molecule has 2 rings (SSSR count). The van der Waals surface area contributed by atoms with Crippen molar-refractivity contribution in [1.29, 1.82) is 0 Å².